The van der Waals surface area contributed by atoms with Crippen LogP contribution in [0, 0.1) is 39.9 Å². The average molecular weight is 667 g/mol. The van der Waals surface area contributed by atoms with Gasteiger partial charge in [-0.2, -0.15) is 0 Å². The zero-order valence-electron chi connectivity index (χ0n) is 28.5. The largest absolute Gasteiger partial charge is 0.469 e. The smallest absolute Gasteiger partial charge is 0.339 e. The number of Topliss-reactive ketones (excluding diaryl/α,β-unsaturated/α-hetero) is 1. The summed E-state index contributed by atoms with van der Waals surface area (Å²) in [6.45, 7) is 9.91. The molecule has 2 bridgehead atoms. The minimum atomic E-state index is -1.38. The Balaban J connectivity index is 1.07. The second kappa shape index (κ2) is 10.4. The molecule has 9 rings (SSSR count). The van der Waals surface area contributed by atoms with Gasteiger partial charge in [0, 0.05) is 47.5 Å². The Morgan fingerprint density at radius 3 is 2.58 bits per heavy atom. The molecule has 5 aliphatic heterocycles. The van der Waals surface area contributed by atoms with Gasteiger partial charge in [-0.1, -0.05) is 33.1 Å². The van der Waals surface area contributed by atoms with E-state index >= 15 is 0 Å². The van der Waals surface area contributed by atoms with Crippen LogP contribution in [0.1, 0.15) is 96.5 Å². The molecule has 2 spiro atoms. The molecule has 0 aromatic carbocycles. The van der Waals surface area contributed by atoms with Crippen molar-refractivity contribution in [2.45, 2.75) is 127 Å². The van der Waals surface area contributed by atoms with E-state index in [0.717, 1.165) is 56.6 Å². The first-order valence-corrected chi connectivity index (χ1v) is 18.4. The lowest BCUT2D eigenvalue weighted by molar-refractivity contribution is -0.266. The second-order valence-electron chi connectivity index (χ2n) is 17.3. The quantitative estimate of drug-likeness (QED) is 0.213. The zero-order chi connectivity index (χ0) is 33.4. The summed E-state index contributed by atoms with van der Waals surface area (Å²) in [4.78, 5) is 41.8. The molecule has 6 heterocycles. The first-order valence-electron chi connectivity index (χ1n) is 18.4. The summed E-state index contributed by atoms with van der Waals surface area (Å²) in [6, 6.07) is 2.49. The monoisotopic (exact) mass is 666 g/mol. The third-order valence-corrected chi connectivity index (χ3v) is 14.6. The van der Waals surface area contributed by atoms with Crippen LogP contribution in [-0.2, 0) is 39.8 Å². The van der Waals surface area contributed by atoms with Crippen LogP contribution in [0.2, 0.25) is 0 Å². The fraction of sp³-hybridized carbons (Fsp3) is 0.811. The Bertz CT molecular complexity index is 1540. The minimum Gasteiger partial charge on any atom is -0.469 e. The Labute approximate surface area is 281 Å². The number of esters is 2. The van der Waals surface area contributed by atoms with Gasteiger partial charge in [0.05, 0.1) is 29.8 Å². The van der Waals surface area contributed by atoms with Crippen LogP contribution in [0.4, 0.5) is 0 Å². The lowest BCUT2D eigenvalue weighted by Gasteiger charge is -2.68. The van der Waals surface area contributed by atoms with Crippen LogP contribution in [-0.4, -0.2) is 78.2 Å². The van der Waals surface area contributed by atoms with Gasteiger partial charge in [0.1, 0.15) is 30.2 Å². The van der Waals surface area contributed by atoms with E-state index in [0.29, 0.717) is 18.9 Å². The van der Waals surface area contributed by atoms with Crippen molar-refractivity contribution in [2.75, 3.05) is 19.8 Å². The number of hydrogen-bond donors (Lipinski definition) is 3. The van der Waals surface area contributed by atoms with Crippen molar-refractivity contribution in [3.05, 3.63) is 23.7 Å². The minimum absolute atomic E-state index is 0.0134. The van der Waals surface area contributed by atoms with E-state index in [1.807, 2.05) is 26.8 Å². The number of aliphatic hydroxyl groups excluding tert-OH is 1. The van der Waals surface area contributed by atoms with Crippen molar-refractivity contribution in [1.82, 2.24) is 10.6 Å². The molecule has 3 N–H and O–H groups in total. The summed E-state index contributed by atoms with van der Waals surface area (Å²) < 4.78 is 31.8. The van der Waals surface area contributed by atoms with Gasteiger partial charge in [-0.3, -0.25) is 9.59 Å². The van der Waals surface area contributed by atoms with Crippen LogP contribution in [0.25, 0.3) is 0 Å². The van der Waals surface area contributed by atoms with E-state index in [1.54, 1.807) is 6.26 Å². The maximum Gasteiger partial charge on any atom is 0.339 e. The summed E-state index contributed by atoms with van der Waals surface area (Å²) in [5.41, 5.74) is -3.90. The molecule has 8 aliphatic rings. The number of aryl methyl sites for hydroxylation is 1. The standard InChI is InChI=1S/C37H50N2O9/c1-33(2)26-24(40)27(41)35(4)25-19(11-12-22-29(47-33)36(25,26)17-45-31(22)42)15-34(3)28(46-32(43)30-37(34,35)48-30)21-13-14-44-23(21)10-8-6-5-7-9-20-16-38-18-39-20/h13-14,19-20,22,25-30,38-39,41H,5-12,15-18H2,1-4H3. The van der Waals surface area contributed by atoms with Crippen LogP contribution in [0.3, 0.4) is 0 Å². The molecule has 262 valence electrons. The van der Waals surface area contributed by atoms with Gasteiger partial charge in [-0.15, -0.1) is 0 Å². The molecule has 8 fully saturated rings. The van der Waals surface area contributed by atoms with Gasteiger partial charge >= 0.3 is 11.9 Å². The van der Waals surface area contributed by atoms with Gasteiger partial charge < -0.3 is 39.1 Å². The van der Waals surface area contributed by atoms with Crippen molar-refractivity contribution in [1.29, 1.82) is 0 Å². The molecule has 11 nitrogen and oxygen atoms in total. The molecular formula is C37H50N2O9. The van der Waals surface area contributed by atoms with E-state index in [1.165, 1.54) is 12.8 Å². The Hall–Kier alpha value is -2.31. The van der Waals surface area contributed by atoms with E-state index in [-0.39, 0.29) is 30.2 Å². The van der Waals surface area contributed by atoms with Gasteiger partial charge in [-0.25, -0.2) is 4.79 Å². The van der Waals surface area contributed by atoms with E-state index in [9.17, 15) is 19.5 Å². The maximum atomic E-state index is 14.6. The number of unbranched alkanes of at least 4 members (excludes halogenated alkanes) is 3. The van der Waals surface area contributed by atoms with Gasteiger partial charge in [0.2, 0.25) is 0 Å². The summed E-state index contributed by atoms with van der Waals surface area (Å²) in [6.07, 6.45) is 6.47. The molecule has 1 aromatic rings. The number of nitrogens with one attached hydrogen (secondary N) is 2. The number of hydrogen-bond acceptors (Lipinski definition) is 11. The molecule has 13 atom stereocenters. The molecule has 1 aromatic heterocycles. The van der Waals surface area contributed by atoms with Crippen LogP contribution >= 0.6 is 0 Å². The van der Waals surface area contributed by atoms with E-state index < -0.39 is 69.7 Å². The Morgan fingerprint density at radius 2 is 1.79 bits per heavy atom. The van der Waals surface area contributed by atoms with Crippen molar-refractivity contribution >= 4 is 17.7 Å². The van der Waals surface area contributed by atoms with Gasteiger partial charge in [0.15, 0.2) is 11.9 Å². The fourth-order valence-corrected chi connectivity index (χ4v) is 13.1. The topological polar surface area (TPSA) is 149 Å². The second-order valence-corrected chi connectivity index (χ2v) is 17.3. The van der Waals surface area contributed by atoms with Gasteiger partial charge in [-0.05, 0) is 63.9 Å². The van der Waals surface area contributed by atoms with Crippen molar-refractivity contribution < 1.29 is 42.9 Å². The summed E-state index contributed by atoms with van der Waals surface area (Å²) >= 11 is 0. The lowest BCUT2D eigenvalue weighted by Crippen LogP contribution is -2.77. The van der Waals surface area contributed by atoms with Crippen molar-refractivity contribution in [3.63, 3.8) is 0 Å². The Morgan fingerprint density at radius 1 is 0.979 bits per heavy atom. The number of ketones is 1. The van der Waals surface area contributed by atoms with Crippen molar-refractivity contribution in [3.8, 4) is 0 Å². The number of carbonyl (C=O) groups is 3. The first kappa shape index (κ1) is 31.7. The Kier molecular flexibility index (Phi) is 6.84. The highest BCUT2D eigenvalue weighted by molar-refractivity contribution is 5.92. The van der Waals surface area contributed by atoms with E-state index in [2.05, 4.69) is 17.6 Å². The summed E-state index contributed by atoms with van der Waals surface area (Å²) in [5, 5.41) is 19.2. The molecule has 13 unspecified atom stereocenters. The molecule has 11 heteroatoms. The van der Waals surface area contributed by atoms with Crippen LogP contribution < -0.4 is 10.6 Å². The normalized spacial score (nSPS) is 49.4. The molecule has 5 saturated heterocycles. The highest BCUT2D eigenvalue weighted by Gasteiger charge is 2.92. The van der Waals surface area contributed by atoms with Gasteiger partial charge in [0.25, 0.3) is 0 Å². The summed E-state index contributed by atoms with van der Waals surface area (Å²) in [7, 11) is 0. The average Bonchev–Trinajstić information content (AvgIpc) is 3.29. The number of ether oxygens (including phenoxy) is 4. The molecule has 0 radical (unpaired) electrons. The van der Waals surface area contributed by atoms with Crippen molar-refractivity contribution in [2.24, 2.45) is 39.9 Å². The predicted octanol–water partition coefficient (Wildman–Crippen LogP) is 3.37. The third kappa shape index (κ3) is 3.75. The maximum absolute atomic E-state index is 14.6. The summed E-state index contributed by atoms with van der Waals surface area (Å²) in [5.74, 6) is -1.59. The number of aliphatic hydroxyl groups is 1. The number of furan rings is 1. The predicted molar refractivity (Wildman–Crippen MR) is 169 cm³/mol. The molecular weight excluding hydrogens is 616 g/mol. The molecule has 0 amide bonds. The third-order valence-electron chi connectivity index (χ3n) is 14.6. The fourth-order valence-electron chi connectivity index (χ4n) is 13.1. The van der Waals surface area contributed by atoms with Crippen LogP contribution in [0.15, 0.2) is 16.7 Å². The van der Waals surface area contributed by atoms with Crippen LogP contribution in [0.5, 0.6) is 0 Å². The molecule has 3 saturated carbocycles. The highest BCUT2D eigenvalue weighted by atomic mass is 16.7. The number of cyclic esters (lactones) is 2. The number of carbonyl (C=O) groups excluding carboxylic acids is 3. The lowest BCUT2D eigenvalue weighted by atomic mass is 9.34. The first-order chi connectivity index (χ1) is 22.9. The number of rotatable bonds is 8. The highest BCUT2D eigenvalue weighted by Crippen LogP contribution is 2.82. The number of epoxide rings is 1. The zero-order valence-corrected chi connectivity index (χ0v) is 28.5. The van der Waals surface area contributed by atoms with E-state index in [4.69, 9.17) is 23.4 Å². The molecule has 3 aliphatic carbocycles. The molecule has 48 heavy (non-hydrogen) atoms. The SMILES string of the molecule is CC1(C)OC2C3CCC4CC5(C)C(c6ccoc6CCCCCCC6CNCN6)OC(=O)C6OC65C5(C)C(O)C(=O)C1C2(COC3=O)C45.